The molecule has 0 aromatic carbocycles. The Morgan fingerprint density at radius 2 is 2.08 bits per heavy atom. The Labute approximate surface area is 124 Å². The molecule has 1 rings (SSSR count). The predicted molar refractivity (Wildman–Crippen MR) is 40.3 cm³/mol. The molecule has 1 aliphatic carbocycles. The first kappa shape index (κ1) is 16.2. The molecule has 1 aliphatic rings. The topological polar surface area (TPSA) is 0 Å². The molecule has 0 aliphatic heterocycles. The fraction of sp³-hybridized carbons (Fsp3) is 0.556. The van der Waals surface area contributed by atoms with Crippen LogP contribution in [0.4, 0.5) is 0 Å². The van der Waals surface area contributed by atoms with Crippen LogP contribution in [0.3, 0.4) is 0 Å². The van der Waals surface area contributed by atoms with Gasteiger partial charge in [-0.1, -0.05) is 0 Å². The van der Waals surface area contributed by atoms with Crippen LogP contribution in [-0.4, -0.2) is 0 Å². The van der Waals surface area contributed by atoms with Crippen LogP contribution in [-0.2, 0) is 24.4 Å². The standard InChI is InChI=1S/C9H13.Hf.2HI/c1-2-3-6-9-7-4-5-8-9;;;/h4,7H,2-3,5-6H2,1H3;;2*1H/q;+2;;/p-2. The molecule has 0 fully saturated rings. The van der Waals surface area contributed by atoms with E-state index in [0.29, 0.717) is 0 Å². The van der Waals surface area contributed by atoms with Gasteiger partial charge >= 0.3 is 78.0 Å². The van der Waals surface area contributed by atoms with E-state index in [1.807, 2.05) is 0 Å². The van der Waals surface area contributed by atoms with Crippen LogP contribution < -0.4 is 48.0 Å². The zero-order valence-corrected chi connectivity index (χ0v) is 15.1. The van der Waals surface area contributed by atoms with Gasteiger partial charge in [-0.3, -0.25) is 0 Å². The smallest absolute Gasteiger partial charge is 1.00 e. The third kappa shape index (κ3) is 5.52. The Balaban J connectivity index is 0. The van der Waals surface area contributed by atoms with E-state index in [9.17, 15) is 0 Å². The molecule has 0 heterocycles. The van der Waals surface area contributed by atoms with Gasteiger partial charge in [0.25, 0.3) is 0 Å². The van der Waals surface area contributed by atoms with Gasteiger partial charge in [0, 0.05) is 0 Å². The van der Waals surface area contributed by atoms with Crippen LogP contribution in [0.2, 0.25) is 0 Å². The molecular formula is C9H13HfI2. The fourth-order valence-electron chi connectivity index (χ4n) is 1.15. The molecule has 0 atom stereocenters. The number of rotatable bonds is 3. The minimum Gasteiger partial charge on any atom is -1.00 e. The van der Waals surface area contributed by atoms with E-state index in [4.69, 9.17) is 0 Å². The van der Waals surface area contributed by atoms with Crippen molar-refractivity contribution in [2.24, 2.45) is 0 Å². The summed E-state index contributed by atoms with van der Waals surface area (Å²) >= 11 is 1.27. The first-order valence-electron chi connectivity index (χ1n) is 3.94. The Kier molecular flexibility index (Phi) is 12.7. The van der Waals surface area contributed by atoms with Crippen molar-refractivity contribution in [3.05, 3.63) is 21.1 Å². The van der Waals surface area contributed by atoms with Gasteiger partial charge in [-0.15, -0.1) is 0 Å². The van der Waals surface area contributed by atoms with E-state index in [-0.39, 0.29) is 48.0 Å². The minimum absolute atomic E-state index is 0. The maximum Gasteiger partial charge on any atom is -1.00 e. The van der Waals surface area contributed by atoms with Gasteiger partial charge in [-0.05, 0) is 0 Å². The quantitative estimate of drug-likeness (QED) is 0.258. The van der Waals surface area contributed by atoms with Gasteiger partial charge in [-0.2, -0.15) is 0 Å². The van der Waals surface area contributed by atoms with Crippen LogP contribution in [0.25, 0.3) is 0 Å². The first-order valence-corrected chi connectivity index (χ1v) is 5.74. The van der Waals surface area contributed by atoms with Gasteiger partial charge < -0.3 is 48.0 Å². The molecule has 3 heteroatoms. The summed E-state index contributed by atoms with van der Waals surface area (Å²) in [6.45, 7) is 2.26. The van der Waals surface area contributed by atoms with E-state index in [1.54, 1.807) is 8.90 Å². The second kappa shape index (κ2) is 9.37. The Morgan fingerprint density at radius 3 is 2.50 bits per heavy atom. The first-order chi connectivity index (χ1) is 4.84. The molecular weight excluding hydrogens is 540 g/mol. The normalized spacial score (nSPS) is 14.2. The van der Waals surface area contributed by atoms with Crippen molar-refractivity contribution in [2.45, 2.75) is 32.6 Å². The summed E-state index contributed by atoms with van der Waals surface area (Å²) < 4.78 is 1.72. The third-order valence-electron chi connectivity index (χ3n) is 1.83. The van der Waals surface area contributed by atoms with E-state index in [1.165, 1.54) is 50.1 Å². The molecule has 0 nitrogen and oxygen atoms in total. The second-order valence-corrected chi connectivity index (χ2v) is 4.88. The number of hydrogen-bond acceptors (Lipinski definition) is 0. The molecule has 0 spiro atoms. The monoisotopic (exact) mass is 555 g/mol. The van der Waals surface area contributed by atoms with Crippen LogP contribution >= 0.6 is 0 Å². The molecule has 0 aromatic heterocycles. The molecule has 67 valence electrons. The SMILES string of the molecule is CCCCC1=[C]([Hf+2])CC=C1.[I-].[I-]. The summed E-state index contributed by atoms with van der Waals surface area (Å²) in [6.07, 6.45) is 9.89. The van der Waals surface area contributed by atoms with Gasteiger partial charge in [0.1, 0.15) is 0 Å². The number of unbranched alkanes of at least 4 members (excludes halogenated alkanes) is 1. The third-order valence-corrected chi connectivity index (χ3v) is 3.72. The summed E-state index contributed by atoms with van der Waals surface area (Å²) in [5.41, 5.74) is 1.65. The fourth-order valence-corrected chi connectivity index (χ4v) is 2.32. The average molecular weight is 554 g/mol. The van der Waals surface area contributed by atoms with Gasteiger partial charge in [-0.25, -0.2) is 0 Å². The molecule has 0 saturated heterocycles. The van der Waals surface area contributed by atoms with E-state index < -0.39 is 0 Å². The second-order valence-electron chi connectivity index (χ2n) is 2.71. The van der Waals surface area contributed by atoms with Crippen molar-refractivity contribution in [2.75, 3.05) is 0 Å². The molecule has 0 unspecified atom stereocenters. The predicted octanol–water partition coefficient (Wildman–Crippen LogP) is -3.05. The van der Waals surface area contributed by atoms with Crippen LogP contribution in [0.5, 0.6) is 0 Å². The van der Waals surface area contributed by atoms with Crippen molar-refractivity contribution in [3.63, 3.8) is 0 Å². The number of allylic oxidation sites excluding steroid dienone is 4. The minimum atomic E-state index is 0. The maximum atomic E-state index is 2.32. The largest absolute Gasteiger partial charge is 1.00 e. The van der Waals surface area contributed by atoms with E-state index >= 15 is 0 Å². The number of hydrogen-bond donors (Lipinski definition) is 0. The summed E-state index contributed by atoms with van der Waals surface area (Å²) in [5.74, 6) is 0. The Bertz CT molecular complexity index is 173. The van der Waals surface area contributed by atoms with Crippen molar-refractivity contribution in [3.8, 4) is 0 Å². The van der Waals surface area contributed by atoms with Crippen molar-refractivity contribution < 1.29 is 72.3 Å². The van der Waals surface area contributed by atoms with Crippen molar-refractivity contribution in [1.82, 2.24) is 0 Å². The molecule has 0 bridgehead atoms. The molecule has 0 saturated carbocycles. The van der Waals surface area contributed by atoms with E-state index in [0.717, 1.165) is 0 Å². The van der Waals surface area contributed by atoms with Crippen LogP contribution in [0.15, 0.2) is 21.1 Å². The van der Waals surface area contributed by atoms with Crippen LogP contribution in [0, 0.1) is 0 Å². The molecule has 0 radical (unpaired) electrons. The number of halogens is 2. The van der Waals surface area contributed by atoms with Gasteiger partial charge in [0.05, 0.1) is 0 Å². The Morgan fingerprint density at radius 1 is 1.42 bits per heavy atom. The molecule has 0 N–H and O–H groups in total. The van der Waals surface area contributed by atoms with Crippen molar-refractivity contribution >= 4 is 0 Å². The summed E-state index contributed by atoms with van der Waals surface area (Å²) in [6, 6.07) is 0. The molecule has 0 amide bonds. The molecule has 12 heavy (non-hydrogen) atoms. The average Bonchev–Trinajstić information content (AvgIpc) is 2.31. The van der Waals surface area contributed by atoms with Gasteiger partial charge in [0.2, 0.25) is 0 Å². The summed E-state index contributed by atoms with van der Waals surface area (Å²) in [7, 11) is 0. The van der Waals surface area contributed by atoms with Crippen LogP contribution in [0.1, 0.15) is 32.6 Å². The maximum absolute atomic E-state index is 2.32. The zero-order chi connectivity index (χ0) is 7.40. The molecule has 0 aromatic rings. The Hall–Kier alpha value is 1.81. The van der Waals surface area contributed by atoms with Gasteiger partial charge in [0.15, 0.2) is 0 Å². The zero-order valence-electron chi connectivity index (χ0n) is 7.24. The summed E-state index contributed by atoms with van der Waals surface area (Å²) in [5, 5.41) is 0. The van der Waals surface area contributed by atoms with E-state index in [2.05, 4.69) is 19.1 Å². The van der Waals surface area contributed by atoms with Crippen molar-refractivity contribution in [1.29, 1.82) is 0 Å². The summed E-state index contributed by atoms with van der Waals surface area (Å²) in [4.78, 5) is 0.